The van der Waals surface area contributed by atoms with Crippen LogP contribution < -0.4 is 0 Å². The summed E-state index contributed by atoms with van der Waals surface area (Å²) in [6.07, 6.45) is 5.89. The Morgan fingerprint density at radius 2 is 1.26 bits per heavy atom. The summed E-state index contributed by atoms with van der Waals surface area (Å²) in [7, 11) is 0. The molecule has 1 spiro atoms. The first-order valence-electron chi connectivity index (χ1n) is 8.45. The van der Waals surface area contributed by atoms with Gasteiger partial charge in [-0.15, -0.1) is 0 Å². The molecule has 2 nitrogen and oxygen atoms in total. The van der Waals surface area contributed by atoms with E-state index in [1.165, 1.54) is 24.8 Å². The first-order valence-corrected chi connectivity index (χ1v) is 8.45. The fourth-order valence-electron chi connectivity index (χ4n) is 3.86. The number of rotatable bonds is 2. The highest BCUT2D eigenvalue weighted by atomic mass is 16.3. The Kier molecular flexibility index (Phi) is 3.55. The van der Waals surface area contributed by atoms with Gasteiger partial charge in [-0.05, 0) is 30.4 Å². The van der Waals surface area contributed by atoms with Crippen molar-refractivity contribution in [3.05, 3.63) is 83.9 Å². The van der Waals surface area contributed by atoms with Crippen molar-refractivity contribution in [2.24, 2.45) is 0 Å². The fraction of sp³-hybridized carbons (Fsp3) is 0.238. The largest absolute Gasteiger partial charge is 0.467 e. The standard InChI is InChI=1S/C21H21NO/c23-21-20(18-12-6-2-7-13-18)19(17-10-4-1-5-11-17)16-22(21)14-8-3-9-15-22/h1-2,4-7,10-13,16H,3,8-9,14-15H2/p+1. The van der Waals surface area contributed by atoms with Gasteiger partial charge in [0.2, 0.25) is 0 Å². The van der Waals surface area contributed by atoms with E-state index in [1.54, 1.807) is 0 Å². The number of hydrogen-bond acceptors (Lipinski definition) is 1. The molecule has 1 N–H and O–H groups in total. The van der Waals surface area contributed by atoms with E-state index in [9.17, 15) is 5.11 Å². The van der Waals surface area contributed by atoms with E-state index in [0.29, 0.717) is 10.4 Å². The summed E-state index contributed by atoms with van der Waals surface area (Å²) in [5.74, 6) is 0.523. The first kappa shape index (κ1) is 14.3. The quantitative estimate of drug-likeness (QED) is 0.777. The summed E-state index contributed by atoms with van der Waals surface area (Å²) in [6, 6.07) is 20.7. The zero-order valence-electron chi connectivity index (χ0n) is 13.3. The van der Waals surface area contributed by atoms with Gasteiger partial charge in [0.1, 0.15) is 6.20 Å². The van der Waals surface area contributed by atoms with Crippen LogP contribution in [0.5, 0.6) is 0 Å². The number of hydrogen-bond donors (Lipinski definition) is 1. The van der Waals surface area contributed by atoms with Crippen LogP contribution >= 0.6 is 0 Å². The van der Waals surface area contributed by atoms with Crippen molar-refractivity contribution in [3.8, 4) is 0 Å². The van der Waals surface area contributed by atoms with Crippen LogP contribution in [0.2, 0.25) is 0 Å². The molecule has 0 atom stereocenters. The summed E-state index contributed by atoms with van der Waals surface area (Å²) in [5.41, 5.74) is 4.44. The number of quaternary nitrogens is 1. The van der Waals surface area contributed by atoms with Crippen LogP contribution in [-0.4, -0.2) is 22.7 Å². The highest BCUT2D eigenvalue weighted by Gasteiger charge is 2.43. The smallest absolute Gasteiger partial charge is 0.302 e. The lowest BCUT2D eigenvalue weighted by Gasteiger charge is -2.34. The van der Waals surface area contributed by atoms with E-state index in [1.807, 2.05) is 24.3 Å². The molecule has 23 heavy (non-hydrogen) atoms. The third-order valence-electron chi connectivity index (χ3n) is 5.05. The average molecular weight is 304 g/mol. The molecule has 116 valence electrons. The van der Waals surface area contributed by atoms with Crippen LogP contribution in [0.3, 0.4) is 0 Å². The second kappa shape index (κ2) is 5.71. The number of benzene rings is 2. The Hall–Kier alpha value is -2.32. The maximum Gasteiger partial charge on any atom is 0.302 e. The Balaban J connectivity index is 1.90. The molecule has 0 aromatic heterocycles. The van der Waals surface area contributed by atoms with Gasteiger partial charge in [-0.3, -0.25) is 0 Å². The lowest BCUT2D eigenvalue weighted by atomic mass is 9.95. The molecule has 0 bridgehead atoms. The molecule has 0 unspecified atom stereocenters. The average Bonchev–Trinajstić information content (AvgIpc) is 2.90. The fourth-order valence-corrected chi connectivity index (χ4v) is 3.86. The minimum absolute atomic E-state index is 0.523. The topological polar surface area (TPSA) is 20.2 Å². The second-order valence-electron chi connectivity index (χ2n) is 6.52. The molecular formula is C21H22NO+. The van der Waals surface area contributed by atoms with Gasteiger partial charge in [-0.25, -0.2) is 4.48 Å². The summed E-state index contributed by atoms with van der Waals surface area (Å²) in [5, 5.41) is 11.1. The van der Waals surface area contributed by atoms with Crippen LogP contribution in [0.1, 0.15) is 30.4 Å². The number of piperidine rings is 1. The molecule has 2 heterocycles. The molecule has 0 saturated carbocycles. The SMILES string of the molecule is OC1=C(c2ccccc2)C(c2ccccc2)=C[N+]12CCCCC2. The Morgan fingerprint density at radius 1 is 0.696 bits per heavy atom. The van der Waals surface area contributed by atoms with Crippen LogP contribution in [0.4, 0.5) is 0 Å². The molecule has 1 fully saturated rings. The Morgan fingerprint density at radius 3 is 1.87 bits per heavy atom. The maximum atomic E-state index is 11.1. The maximum absolute atomic E-state index is 11.1. The van der Waals surface area contributed by atoms with E-state index in [2.05, 4.69) is 42.6 Å². The Bertz CT molecular complexity index is 753. The van der Waals surface area contributed by atoms with Crippen molar-refractivity contribution < 1.29 is 9.59 Å². The van der Waals surface area contributed by atoms with Gasteiger partial charge >= 0.3 is 5.88 Å². The number of aliphatic hydroxyl groups excluding tert-OH is 1. The van der Waals surface area contributed by atoms with Crippen LogP contribution in [0.15, 0.2) is 72.7 Å². The number of nitrogens with zero attached hydrogens (tertiary/aromatic N) is 1. The molecule has 2 aliphatic rings. The third kappa shape index (κ3) is 2.40. The lowest BCUT2D eigenvalue weighted by Crippen LogP contribution is -2.44. The zero-order valence-corrected chi connectivity index (χ0v) is 13.3. The van der Waals surface area contributed by atoms with Gasteiger partial charge in [0.05, 0.1) is 24.2 Å². The normalized spacial score (nSPS) is 19.9. The van der Waals surface area contributed by atoms with E-state index < -0.39 is 0 Å². The van der Waals surface area contributed by atoms with Crippen molar-refractivity contribution in [2.45, 2.75) is 19.3 Å². The summed E-state index contributed by atoms with van der Waals surface area (Å²) < 4.78 is 0.619. The summed E-state index contributed by atoms with van der Waals surface area (Å²) in [4.78, 5) is 0. The minimum Gasteiger partial charge on any atom is -0.467 e. The number of aliphatic hydroxyl groups is 1. The van der Waals surface area contributed by atoms with Crippen molar-refractivity contribution in [2.75, 3.05) is 13.1 Å². The van der Waals surface area contributed by atoms with E-state index in [-0.39, 0.29) is 0 Å². The highest BCUT2D eigenvalue weighted by Crippen LogP contribution is 2.45. The lowest BCUT2D eigenvalue weighted by molar-refractivity contribution is -0.858. The van der Waals surface area contributed by atoms with Crippen molar-refractivity contribution >= 4 is 11.1 Å². The highest BCUT2D eigenvalue weighted by molar-refractivity contribution is 6.06. The van der Waals surface area contributed by atoms with E-state index in [0.717, 1.165) is 29.8 Å². The van der Waals surface area contributed by atoms with Gasteiger partial charge in [0.15, 0.2) is 0 Å². The molecule has 1 saturated heterocycles. The predicted octanol–water partition coefficient (Wildman–Crippen LogP) is 4.97. The van der Waals surface area contributed by atoms with Crippen molar-refractivity contribution in [1.29, 1.82) is 0 Å². The molecule has 0 aliphatic carbocycles. The molecule has 4 rings (SSSR count). The monoisotopic (exact) mass is 304 g/mol. The molecule has 2 aliphatic heterocycles. The molecule has 2 heteroatoms. The molecule has 2 aromatic rings. The van der Waals surface area contributed by atoms with Crippen molar-refractivity contribution in [1.82, 2.24) is 0 Å². The minimum atomic E-state index is 0.523. The number of allylic oxidation sites excluding steroid dienone is 2. The van der Waals surface area contributed by atoms with E-state index >= 15 is 0 Å². The molecular weight excluding hydrogens is 282 g/mol. The van der Waals surface area contributed by atoms with Gasteiger partial charge in [-0.2, -0.15) is 0 Å². The van der Waals surface area contributed by atoms with Gasteiger partial charge < -0.3 is 5.11 Å². The van der Waals surface area contributed by atoms with E-state index in [4.69, 9.17) is 0 Å². The molecule has 2 aromatic carbocycles. The predicted molar refractivity (Wildman–Crippen MR) is 94.3 cm³/mol. The molecule has 0 amide bonds. The second-order valence-corrected chi connectivity index (χ2v) is 6.52. The third-order valence-corrected chi connectivity index (χ3v) is 5.05. The zero-order chi connectivity index (χ0) is 15.7. The Labute approximate surface area is 137 Å². The van der Waals surface area contributed by atoms with Gasteiger partial charge in [-0.1, -0.05) is 60.7 Å². The van der Waals surface area contributed by atoms with Crippen LogP contribution in [-0.2, 0) is 0 Å². The summed E-state index contributed by atoms with van der Waals surface area (Å²) >= 11 is 0. The van der Waals surface area contributed by atoms with Crippen molar-refractivity contribution in [3.63, 3.8) is 0 Å². The molecule has 0 radical (unpaired) electrons. The van der Waals surface area contributed by atoms with Gasteiger partial charge in [0, 0.05) is 0 Å². The van der Waals surface area contributed by atoms with Gasteiger partial charge in [0.25, 0.3) is 0 Å². The first-order chi connectivity index (χ1) is 11.3. The van der Waals surface area contributed by atoms with Crippen LogP contribution in [0, 0.1) is 0 Å². The summed E-state index contributed by atoms with van der Waals surface area (Å²) in [6.45, 7) is 2.00. The van der Waals surface area contributed by atoms with Crippen LogP contribution in [0.25, 0.3) is 11.1 Å².